The molecule has 3 rings (SSSR count). The molecule has 0 unspecified atom stereocenters. The Kier molecular flexibility index (Phi) is 8.06. The molecule has 0 spiro atoms. The molecule has 0 saturated heterocycles. The summed E-state index contributed by atoms with van der Waals surface area (Å²) >= 11 is 1.72. The molecule has 2 fully saturated rings. The van der Waals surface area contributed by atoms with Crippen LogP contribution in [0.4, 0.5) is 0 Å². The largest absolute Gasteiger partial charge is 0.356 e. The van der Waals surface area contributed by atoms with Crippen molar-refractivity contribution in [2.75, 3.05) is 26.4 Å². The van der Waals surface area contributed by atoms with Gasteiger partial charge in [0.15, 0.2) is 11.1 Å². The molecule has 7 heteroatoms. The fourth-order valence-corrected chi connectivity index (χ4v) is 5.45. The van der Waals surface area contributed by atoms with Crippen LogP contribution in [0.5, 0.6) is 0 Å². The quantitative estimate of drug-likeness (QED) is 0.279. The van der Waals surface area contributed by atoms with Crippen LogP contribution < -0.4 is 10.6 Å². The third kappa shape index (κ3) is 5.22. The van der Waals surface area contributed by atoms with E-state index < -0.39 is 0 Å². The minimum atomic E-state index is 0.476. The van der Waals surface area contributed by atoms with Gasteiger partial charge in [0, 0.05) is 32.6 Å². The Morgan fingerprint density at radius 1 is 1.18 bits per heavy atom. The van der Waals surface area contributed by atoms with Gasteiger partial charge in [-0.3, -0.25) is 4.99 Å². The molecule has 0 amide bonds. The summed E-state index contributed by atoms with van der Waals surface area (Å²) in [5.74, 6) is 2.08. The number of aromatic nitrogens is 3. The van der Waals surface area contributed by atoms with Gasteiger partial charge in [-0.05, 0) is 50.2 Å². The number of nitrogens with zero attached hydrogens (tertiary/aromatic N) is 4. The first-order valence-corrected chi connectivity index (χ1v) is 12.4. The standard InChI is InChI=1S/C21H38N6S/c1-4-21(13-7-8-14-21)16-24-19(22-2)23-15-9-12-18-25-26-20(28-3)27(18)17-10-5-6-11-17/h17H,4-16H2,1-3H3,(H2,22,23,24). The molecule has 0 bridgehead atoms. The first kappa shape index (κ1) is 21.5. The van der Waals surface area contributed by atoms with Crippen molar-refractivity contribution in [1.29, 1.82) is 0 Å². The van der Waals surface area contributed by atoms with Crippen molar-refractivity contribution in [2.45, 2.75) is 88.8 Å². The molecule has 2 N–H and O–H groups in total. The maximum absolute atomic E-state index is 4.50. The Morgan fingerprint density at radius 3 is 2.57 bits per heavy atom. The molecule has 158 valence electrons. The molecular weight excluding hydrogens is 368 g/mol. The Bertz CT molecular complexity index is 629. The van der Waals surface area contributed by atoms with Crippen molar-refractivity contribution in [3.63, 3.8) is 0 Å². The van der Waals surface area contributed by atoms with Gasteiger partial charge in [0.2, 0.25) is 0 Å². The van der Waals surface area contributed by atoms with Crippen LogP contribution in [0.2, 0.25) is 0 Å². The highest BCUT2D eigenvalue weighted by atomic mass is 32.2. The van der Waals surface area contributed by atoms with Crippen LogP contribution in [-0.2, 0) is 6.42 Å². The first-order valence-electron chi connectivity index (χ1n) is 11.1. The van der Waals surface area contributed by atoms with Gasteiger partial charge < -0.3 is 15.2 Å². The third-order valence-corrected chi connectivity index (χ3v) is 7.39. The molecular formula is C21H38N6S. The van der Waals surface area contributed by atoms with Crippen LogP contribution >= 0.6 is 11.8 Å². The SMILES string of the molecule is CCC1(CNC(=NC)NCCCc2nnc(SC)n2C2CCCC2)CCCC1. The topological polar surface area (TPSA) is 67.1 Å². The van der Waals surface area contributed by atoms with E-state index in [1.165, 1.54) is 57.8 Å². The zero-order valence-corrected chi connectivity index (χ0v) is 18.8. The highest BCUT2D eigenvalue weighted by Gasteiger charge is 2.31. The van der Waals surface area contributed by atoms with E-state index in [4.69, 9.17) is 0 Å². The number of hydrogen-bond acceptors (Lipinski definition) is 4. The third-order valence-electron chi connectivity index (χ3n) is 6.75. The van der Waals surface area contributed by atoms with Gasteiger partial charge in [-0.25, -0.2) is 0 Å². The smallest absolute Gasteiger partial charge is 0.191 e. The minimum Gasteiger partial charge on any atom is -0.356 e. The predicted octanol–water partition coefficient (Wildman–Crippen LogP) is 4.18. The predicted molar refractivity (Wildman–Crippen MR) is 118 cm³/mol. The van der Waals surface area contributed by atoms with Crippen LogP contribution in [0.15, 0.2) is 10.1 Å². The van der Waals surface area contributed by atoms with Crippen molar-refractivity contribution in [3.8, 4) is 0 Å². The summed E-state index contributed by atoms with van der Waals surface area (Å²) in [6.45, 7) is 4.27. The van der Waals surface area contributed by atoms with E-state index in [-0.39, 0.29) is 0 Å². The van der Waals surface area contributed by atoms with E-state index in [0.29, 0.717) is 11.5 Å². The molecule has 2 saturated carbocycles. The van der Waals surface area contributed by atoms with Crippen molar-refractivity contribution < 1.29 is 0 Å². The second-order valence-electron chi connectivity index (χ2n) is 8.43. The van der Waals surface area contributed by atoms with Crippen molar-refractivity contribution in [3.05, 3.63) is 5.82 Å². The fraction of sp³-hybridized carbons (Fsp3) is 0.857. The molecule has 0 aromatic carbocycles. The molecule has 2 aliphatic carbocycles. The molecule has 0 radical (unpaired) electrons. The highest BCUT2D eigenvalue weighted by molar-refractivity contribution is 7.98. The van der Waals surface area contributed by atoms with E-state index in [0.717, 1.165) is 42.9 Å². The monoisotopic (exact) mass is 406 g/mol. The second-order valence-corrected chi connectivity index (χ2v) is 9.20. The normalized spacial score (nSPS) is 20.0. The Morgan fingerprint density at radius 2 is 1.93 bits per heavy atom. The van der Waals surface area contributed by atoms with E-state index >= 15 is 0 Å². The van der Waals surface area contributed by atoms with Gasteiger partial charge >= 0.3 is 0 Å². The fourth-order valence-electron chi connectivity index (χ4n) is 4.87. The number of aryl methyl sites for hydroxylation is 1. The minimum absolute atomic E-state index is 0.476. The highest BCUT2D eigenvalue weighted by Crippen LogP contribution is 2.40. The van der Waals surface area contributed by atoms with Crippen LogP contribution in [0.25, 0.3) is 0 Å². The van der Waals surface area contributed by atoms with E-state index in [1.54, 1.807) is 11.8 Å². The number of nitrogens with one attached hydrogen (secondary N) is 2. The molecule has 6 nitrogen and oxygen atoms in total. The Hall–Kier alpha value is -1.24. The number of rotatable bonds is 9. The van der Waals surface area contributed by atoms with Gasteiger partial charge in [-0.15, -0.1) is 10.2 Å². The van der Waals surface area contributed by atoms with Gasteiger partial charge in [-0.1, -0.05) is 44.4 Å². The molecule has 2 aliphatic rings. The number of guanidine groups is 1. The maximum atomic E-state index is 4.50. The summed E-state index contributed by atoms with van der Waals surface area (Å²) in [6, 6.07) is 0.603. The zero-order chi connectivity index (χ0) is 19.8. The molecule has 0 atom stereocenters. The molecule has 0 aliphatic heterocycles. The molecule has 1 aromatic rings. The van der Waals surface area contributed by atoms with Crippen LogP contribution in [-0.4, -0.2) is 47.1 Å². The average Bonchev–Trinajstić information content (AvgIpc) is 3.47. The van der Waals surface area contributed by atoms with Gasteiger partial charge in [0.25, 0.3) is 0 Å². The summed E-state index contributed by atoms with van der Waals surface area (Å²) in [5, 5.41) is 17.1. The molecule has 1 heterocycles. The average molecular weight is 407 g/mol. The Labute approximate surface area is 174 Å². The molecule has 28 heavy (non-hydrogen) atoms. The van der Waals surface area contributed by atoms with Gasteiger partial charge in [0.1, 0.15) is 5.82 Å². The summed E-state index contributed by atoms with van der Waals surface area (Å²) in [6.07, 6.45) is 16.0. The number of thioether (sulfide) groups is 1. The van der Waals surface area contributed by atoms with Crippen molar-refractivity contribution in [1.82, 2.24) is 25.4 Å². The van der Waals surface area contributed by atoms with E-state index in [2.05, 4.69) is 43.6 Å². The maximum Gasteiger partial charge on any atom is 0.191 e. The van der Waals surface area contributed by atoms with E-state index in [1.807, 2.05) is 7.05 Å². The van der Waals surface area contributed by atoms with E-state index in [9.17, 15) is 0 Å². The summed E-state index contributed by atoms with van der Waals surface area (Å²) < 4.78 is 2.41. The lowest BCUT2D eigenvalue weighted by atomic mass is 9.83. The zero-order valence-electron chi connectivity index (χ0n) is 18.0. The summed E-state index contributed by atoms with van der Waals surface area (Å²) in [5.41, 5.74) is 0.476. The lowest BCUT2D eigenvalue weighted by Gasteiger charge is -2.28. The lowest BCUT2D eigenvalue weighted by molar-refractivity contribution is 0.283. The van der Waals surface area contributed by atoms with Gasteiger partial charge in [-0.2, -0.15) is 0 Å². The second kappa shape index (κ2) is 10.5. The first-order chi connectivity index (χ1) is 13.7. The van der Waals surface area contributed by atoms with Crippen LogP contribution in [0.3, 0.4) is 0 Å². The van der Waals surface area contributed by atoms with Gasteiger partial charge in [0.05, 0.1) is 0 Å². The lowest BCUT2D eigenvalue weighted by Crippen LogP contribution is -2.43. The Balaban J connectivity index is 1.45. The van der Waals surface area contributed by atoms with Crippen molar-refractivity contribution >= 4 is 17.7 Å². The van der Waals surface area contributed by atoms with Crippen molar-refractivity contribution in [2.24, 2.45) is 10.4 Å². The van der Waals surface area contributed by atoms with Crippen LogP contribution in [0, 0.1) is 5.41 Å². The number of hydrogen-bond donors (Lipinski definition) is 2. The summed E-state index contributed by atoms with van der Waals surface area (Å²) in [7, 11) is 1.87. The summed E-state index contributed by atoms with van der Waals surface area (Å²) in [4.78, 5) is 4.41. The van der Waals surface area contributed by atoms with Crippen LogP contribution in [0.1, 0.15) is 83.0 Å². The number of aliphatic imine (C=N–C) groups is 1. The molecule has 1 aromatic heterocycles.